The molecule has 2 nitrogen and oxygen atoms in total. The van der Waals surface area contributed by atoms with E-state index in [0.29, 0.717) is 12.5 Å². The molecule has 0 fully saturated rings. The molecule has 152 valence electrons. The molecule has 0 bridgehead atoms. The Morgan fingerprint density at radius 1 is 0.654 bits per heavy atom. The van der Waals surface area contributed by atoms with Gasteiger partial charge in [0.2, 0.25) is 0 Å². The summed E-state index contributed by atoms with van der Waals surface area (Å²) in [5, 5.41) is 0. The van der Waals surface area contributed by atoms with Gasteiger partial charge in [0.1, 0.15) is 6.61 Å². The molecule has 26 heavy (non-hydrogen) atoms. The van der Waals surface area contributed by atoms with Gasteiger partial charge in [0.25, 0.3) is 0 Å². The molecule has 0 heterocycles. The highest BCUT2D eigenvalue weighted by Gasteiger charge is 2.05. The standard InChI is InChI=1S/C13H24.C11H20O2/c1-12(2)10-8-6-5-7-9-11-13(3)4;1-9(2)7-5-6-8-13-11(12)10(3)4/h6-9,12-13H,5,10-11H2,1-4H3;5-6,9-10H,7-8H2,1-4H3/b8-6-,9-7-;6-5-. The highest BCUT2D eigenvalue weighted by Crippen LogP contribution is 2.03. The van der Waals surface area contributed by atoms with Gasteiger partial charge in [-0.3, -0.25) is 4.79 Å². The lowest BCUT2D eigenvalue weighted by Crippen LogP contribution is -2.11. The van der Waals surface area contributed by atoms with Gasteiger partial charge >= 0.3 is 5.97 Å². The molecule has 0 aliphatic carbocycles. The lowest BCUT2D eigenvalue weighted by atomic mass is 10.1. The van der Waals surface area contributed by atoms with Gasteiger partial charge in [-0.05, 0) is 43.4 Å². The van der Waals surface area contributed by atoms with Crippen molar-refractivity contribution in [3.8, 4) is 0 Å². The topological polar surface area (TPSA) is 26.3 Å². The molecule has 0 aromatic heterocycles. The van der Waals surface area contributed by atoms with E-state index in [9.17, 15) is 4.79 Å². The zero-order chi connectivity index (χ0) is 20.4. The van der Waals surface area contributed by atoms with E-state index in [1.165, 1.54) is 12.8 Å². The third-order valence-electron chi connectivity index (χ3n) is 3.39. The van der Waals surface area contributed by atoms with Crippen molar-refractivity contribution < 1.29 is 9.53 Å². The number of rotatable bonds is 11. The van der Waals surface area contributed by atoms with E-state index in [4.69, 9.17) is 4.74 Å². The summed E-state index contributed by atoms with van der Waals surface area (Å²) in [6.07, 6.45) is 17.6. The highest BCUT2D eigenvalue weighted by atomic mass is 16.5. The lowest BCUT2D eigenvalue weighted by Gasteiger charge is -2.03. The van der Waals surface area contributed by atoms with Crippen LogP contribution in [0.15, 0.2) is 36.5 Å². The van der Waals surface area contributed by atoms with Gasteiger partial charge < -0.3 is 4.74 Å². The zero-order valence-corrected chi connectivity index (χ0v) is 18.6. The zero-order valence-electron chi connectivity index (χ0n) is 18.6. The number of carbonyl (C=O) groups excluding carboxylic acids is 1. The number of allylic oxidation sites excluding steroid dienone is 5. The van der Waals surface area contributed by atoms with E-state index < -0.39 is 0 Å². The second kappa shape index (κ2) is 18.5. The van der Waals surface area contributed by atoms with Crippen molar-refractivity contribution in [2.75, 3.05) is 6.61 Å². The molecule has 0 unspecified atom stereocenters. The van der Waals surface area contributed by atoms with Crippen LogP contribution in [0.5, 0.6) is 0 Å². The van der Waals surface area contributed by atoms with Crippen LogP contribution in [-0.2, 0) is 9.53 Å². The van der Waals surface area contributed by atoms with Crippen LogP contribution in [0.25, 0.3) is 0 Å². The molecule has 2 heteroatoms. The summed E-state index contributed by atoms with van der Waals surface area (Å²) < 4.78 is 4.96. The Labute approximate surface area is 163 Å². The van der Waals surface area contributed by atoms with E-state index in [2.05, 4.69) is 71.9 Å². The van der Waals surface area contributed by atoms with Crippen LogP contribution in [0, 0.1) is 23.7 Å². The number of hydrogen-bond acceptors (Lipinski definition) is 2. The molecular weight excluding hydrogens is 320 g/mol. The first-order valence-corrected chi connectivity index (χ1v) is 10.3. The Morgan fingerprint density at radius 3 is 1.38 bits per heavy atom. The molecule has 0 amide bonds. The van der Waals surface area contributed by atoms with Gasteiger partial charge in [-0.25, -0.2) is 0 Å². The van der Waals surface area contributed by atoms with Crippen LogP contribution >= 0.6 is 0 Å². The smallest absolute Gasteiger partial charge is 0.308 e. The summed E-state index contributed by atoms with van der Waals surface area (Å²) in [4.78, 5) is 11.0. The summed E-state index contributed by atoms with van der Waals surface area (Å²) in [6, 6.07) is 0. The molecule has 0 aromatic rings. The van der Waals surface area contributed by atoms with E-state index in [1.807, 2.05) is 19.9 Å². The number of carbonyl (C=O) groups is 1. The lowest BCUT2D eigenvalue weighted by molar-refractivity contribution is -0.146. The minimum absolute atomic E-state index is 0.0292. The van der Waals surface area contributed by atoms with Crippen LogP contribution in [0.4, 0.5) is 0 Å². The van der Waals surface area contributed by atoms with Crippen molar-refractivity contribution in [3.05, 3.63) is 36.5 Å². The van der Waals surface area contributed by atoms with Crippen LogP contribution in [0.2, 0.25) is 0 Å². The first kappa shape index (κ1) is 26.9. The summed E-state index contributed by atoms with van der Waals surface area (Å²) in [6.45, 7) is 17.4. The van der Waals surface area contributed by atoms with Gasteiger partial charge in [0.15, 0.2) is 0 Å². The second-order valence-electron chi connectivity index (χ2n) is 8.32. The maximum Gasteiger partial charge on any atom is 0.308 e. The van der Waals surface area contributed by atoms with E-state index in [0.717, 1.165) is 24.7 Å². The quantitative estimate of drug-likeness (QED) is 0.282. The SMILES string of the molecule is CC(C)C/C=C\C/C=C\CC(C)C.CC(C)C/C=C\COC(=O)C(C)C. The molecule has 0 saturated heterocycles. The van der Waals surface area contributed by atoms with Gasteiger partial charge in [-0.15, -0.1) is 0 Å². The fourth-order valence-corrected chi connectivity index (χ4v) is 1.74. The molecule has 0 aliphatic rings. The normalized spacial score (nSPS) is 12.2. The molecule has 0 aliphatic heterocycles. The number of esters is 1. The minimum atomic E-state index is -0.130. The van der Waals surface area contributed by atoms with Crippen molar-refractivity contribution in [2.45, 2.75) is 81.1 Å². The molecular formula is C24H44O2. The molecule has 0 N–H and O–H groups in total. The predicted molar refractivity (Wildman–Crippen MR) is 116 cm³/mol. The third kappa shape index (κ3) is 24.9. The number of hydrogen-bond donors (Lipinski definition) is 0. The summed E-state index contributed by atoms with van der Waals surface area (Å²) in [5.74, 6) is 2.08. The Bertz CT molecular complexity index is 380. The Morgan fingerprint density at radius 2 is 1.04 bits per heavy atom. The second-order valence-corrected chi connectivity index (χ2v) is 8.32. The molecule has 0 atom stereocenters. The maximum atomic E-state index is 11.0. The van der Waals surface area contributed by atoms with Crippen molar-refractivity contribution in [3.63, 3.8) is 0 Å². The third-order valence-corrected chi connectivity index (χ3v) is 3.39. The van der Waals surface area contributed by atoms with Crippen LogP contribution in [0.1, 0.15) is 81.1 Å². The average molecular weight is 365 g/mol. The van der Waals surface area contributed by atoms with Gasteiger partial charge in [-0.2, -0.15) is 0 Å². The monoisotopic (exact) mass is 364 g/mol. The maximum absolute atomic E-state index is 11.0. The van der Waals surface area contributed by atoms with E-state index in [1.54, 1.807) is 0 Å². The first-order chi connectivity index (χ1) is 12.2. The molecule has 0 aromatic carbocycles. The molecule has 0 saturated carbocycles. The Kier molecular flexibility index (Phi) is 19.1. The van der Waals surface area contributed by atoms with Crippen LogP contribution in [0.3, 0.4) is 0 Å². The fraction of sp³-hybridized carbons (Fsp3) is 0.708. The van der Waals surface area contributed by atoms with Crippen LogP contribution in [-0.4, -0.2) is 12.6 Å². The minimum Gasteiger partial charge on any atom is -0.461 e. The van der Waals surface area contributed by atoms with E-state index in [-0.39, 0.29) is 11.9 Å². The number of ether oxygens (including phenoxy) is 1. The first-order valence-electron chi connectivity index (χ1n) is 10.3. The van der Waals surface area contributed by atoms with Crippen molar-refractivity contribution in [1.29, 1.82) is 0 Å². The van der Waals surface area contributed by atoms with Gasteiger partial charge in [0.05, 0.1) is 5.92 Å². The Hall–Kier alpha value is -1.31. The van der Waals surface area contributed by atoms with Crippen molar-refractivity contribution in [2.24, 2.45) is 23.7 Å². The molecule has 0 spiro atoms. The summed E-state index contributed by atoms with van der Waals surface area (Å²) in [7, 11) is 0. The van der Waals surface area contributed by atoms with Crippen molar-refractivity contribution >= 4 is 5.97 Å². The van der Waals surface area contributed by atoms with E-state index >= 15 is 0 Å². The Balaban J connectivity index is 0. The van der Waals surface area contributed by atoms with Gasteiger partial charge in [0, 0.05) is 0 Å². The summed E-state index contributed by atoms with van der Waals surface area (Å²) >= 11 is 0. The molecule has 0 radical (unpaired) electrons. The average Bonchev–Trinajstić information content (AvgIpc) is 2.53. The summed E-state index contributed by atoms with van der Waals surface area (Å²) in [5.41, 5.74) is 0. The fourth-order valence-electron chi connectivity index (χ4n) is 1.74. The highest BCUT2D eigenvalue weighted by molar-refractivity contribution is 5.71. The van der Waals surface area contributed by atoms with Crippen LogP contribution < -0.4 is 0 Å². The largest absolute Gasteiger partial charge is 0.461 e. The van der Waals surface area contributed by atoms with Gasteiger partial charge in [-0.1, -0.05) is 91.8 Å². The predicted octanol–water partition coefficient (Wildman–Crippen LogP) is 7.37. The molecule has 0 rings (SSSR count). The van der Waals surface area contributed by atoms with Crippen molar-refractivity contribution in [1.82, 2.24) is 0 Å².